The lowest BCUT2D eigenvalue weighted by Gasteiger charge is -2.19. The van der Waals surface area contributed by atoms with Crippen LogP contribution >= 0.6 is 0 Å². The van der Waals surface area contributed by atoms with Gasteiger partial charge in [0.1, 0.15) is 114 Å². The predicted molar refractivity (Wildman–Crippen MR) is 429 cm³/mol. The van der Waals surface area contributed by atoms with E-state index in [0.29, 0.717) is 5.82 Å². The molecule has 17 N–H and O–H groups in total. The molecule has 1 aromatic carbocycles. The largest absolute Gasteiger partial charge is 0.481 e. The second-order valence-electron chi connectivity index (χ2n) is 28.6. The number of aliphatic carboxylic acids is 6. The number of carboxylic acids is 6. The molecule has 9 atom stereocenters. The second kappa shape index (κ2) is 48.1. The minimum atomic E-state index is -1.30. The molecule has 8 amide bonds. The number of nitrogens with one attached hydrogen (secondary N) is 11. The molecule has 7 aromatic rings. The average molecular weight is 1820 g/mol. The summed E-state index contributed by atoms with van der Waals surface area (Å²) in [6.45, 7) is 6.89. The van der Waals surface area contributed by atoms with Gasteiger partial charge in [0, 0.05) is 43.4 Å². The fourth-order valence-corrected chi connectivity index (χ4v) is 11.3. The molecule has 9 heterocycles. The van der Waals surface area contributed by atoms with E-state index in [1.807, 2.05) is 41.7 Å². The first-order chi connectivity index (χ1) is 61.0. The van der Waals surface area contributed by atoms with Crippen LogP contribution in [-0.2, 0) is 110 Å². The van der Waals surface area contributed by atoms with Gasteiger partial charge < -0.3 is 99.9 Å². The molecule has 10 rings (SSSR count). The predicted octanol–water partition coefficient (Wildman–Crippen LogP) is -1.01. The van der Waals surface area contributed by atoms with Gasteiger partial charge in [-0.25, -0.2) is 29.3 Å². The van der Waals surface area contributed by atoms with Crippen molar-refractivity contribution in [1.82, 2.24) is 85.1 Å². The molecule has 3 aliphatic heterocycles. The van der Waals surface area contributed by atoms with E-state index in [-0.39, 0.29) is 114 Å². The molecule has 698 valence electrons. The number of aryl methyl sites for hydroxylation is 1. The van der Waals surface area contributed by atoms with Crippen LogP contribution in [0.2, 0.25) is 0 Å². The van der Waals surface area contributed by atoms with Crippen molar-refractivity contribution in [3.8, 4) is 0 Å². The topological polar surface area (TPSA) is 782 Å². The molecule has 129 heavy (non-hydrogen) atoms. The lowest BCUT2D eigenvalue weighted by molar-refractivity contribution is -0.153. The van der Waals surface area contributed by atoms with Crippen LogP contribution in [0.1, 0.15) is 124 Å². The standard InChI is InChI=1S/C25H32N8O13.C22H28N6O11.C21H26N6O11.C6H6/c1-11(2)22(41)31-24-30-21-20(23(42)32-24)29-10-33(21)16-5-12(46-25(43)28-6-15(35)27-8-18(38)39)13(45-16)9-44-19(40)4-3-14(34)26-7-17(36)37;1-9(2)19(34)26-21-25-18-17(20(35)27-21)24-10(3)28(18)13-6-11(39-22(36)23-7-15(31)32)12(38-13)8-37-16(33)5-4-14(29)30;1-9(2)18(33)25-20-24-17-16(19(34)26-20)23-8-27(17)12-5-10(38-21(35)22-6-14(30)31)11(37-12)7-36-15(32)4-3-13(28)29;1-2-4-6-5-3-1/h10-13,16H,3-9H2,1-2H3,(H,26,34)(H,27,35)(H,28,43)(H,36,37)(H,38,39)(H2,30,31,32,41,42);9,11-13H,4-8H2,1-3H3,(H,23,36)(H,29,30)(H,31,32)(H2,25,26,27,34,35);8-12H,3-7H2,1-2H3,(H,22,35)(H,28,29)(H,30,31)(H2,24,25,26,33,34);1-6H/t12?,13-,16-;11?,12-,13-;10?,11-,12-;/m111./s1. The van der Waals surface area contributed by atoms with E-state index < -0.39 is 239 Å². The van der Waals surface area contributed by atoms with E-state index in [1.54, 1.807) is 48.5 Å². The highest BCUT2D eigenvalue weighted by Crippen LogP contribution is 2.37. The summed E-state index contributed by atoms with van der Waals surface area (Å²) in [6, 6.07) is 12.0. The number of carbonyl (C=O) groups excluding carboxylic acids is 11. The number of aromatic nitrogens is 12. The summed E-state index contributed by atoms with van der Waals surface area (Å²) in [5, 5.41) is 70.1. The maximum atomic E-state index is 12.6. The maximum Gasteiger partial charge on any atom is 0.408 e. The second-order valence-corrected chi connectivity index (χ2v) is 28.6. The first kappa shape index (κ1) is 101. The van der Waals surface area contributed by atoms with Gasteiger partial charge in [-0.1, -0.05) is 77.9 Å². The number of benzene rings is 1. The van der Waals surface area contributed by atoms with Crippen molar-refractivity contribution < 1.29 is 155 Å². The van der Waals surface area contributed by atoms with Crippen LogP contribution in [-0.4, -0.2) is 280 Å². The molecular formula is C74H92N20O35. The number of fused-ring (bicyclic) bond motifs is 3. The van der Waals surface area contributed by atoms with Gasteiger partial charge in [-0.3, -0.25) is 126 Å². The summed E-state index contributed by atoms with van der Waals surface area (Å²) in [6.07, 6.45) is -12.5. The number of nitrogens with zero attached hydrogens (tertiary/aromatic N) is 9. The number of imidazole rings is 3. The molecule has 0 saturated carbocycles. The van der Waals surface area contributed by atoms with Gasteiger partial charge in [-0.2, -0.15) is 15.0 Å². The van der Waals surface area contributed by atoms with Crippen molar-refractivity contribution in [3.05, 3.63) is 85.9 Å². The van der Waals surface area contributed by atoms with Crippen LogP contribution in [0.5, 0.6) is 0 Å². The highest BCUT2D eigenvalue weighted by atomic mass is 16.6. The zero-order chi connectivity index (χ0) is 95.0. The molecule has 3 fully saturated rings. The summed E-state index contributed by atoms with van der Waals surface area (Å²) >= 11 is 0. The number of H-pyrrole nitrogens is 3. The lowest BCUT2D eigenvalue weighted by Crippen LogP contribution is -2.41. The van der Waals surface area contributed by atoms with E-state index in [1.165, 1.54) is 26.4 Å². The lowest BCUT2D eigenvalue weighted by atomic mass is 10.2. The Morgan fingerprint density at radius 2 is 0.705 bits per heavy atom. The Morgan fingerprint density at radius 3 is 1.05 bits per heavy atom. The number of carboxylic acid groups (broad SMARTS) is 6. The van der Waals surface area contributed by atoms with Crippen molar-refractivity contribution in [2.45, 2.75) is 162 Å². The van der Waals surface area contributed by atoms with Gasteiger partial charge in [0.15, 0.2) is 33.5 Å². The maximum absolute atomic E-state index is 12.6. The third kappa shape index (κ3) is 31.9. The molecule has 3 aliphatic rings. The normalized spacial score (nSPS) is 17.7. The van der Waals surface area contributed by atoms with Crippen LogP contribution in [0.15, 0.2) is 63.4 Å². The molecule has 55 heteroatoms. The first-order valence-corrected chi connectivity index (χ1v) is 39.0. The number of rotatable bonds is 37. The van der Waals surface area contributed by atoms with E-state index in [4.69, 9.17) is 73.3 Å². The minimum absolute atomic E-state index is 0.0103. The Balaban J connectivity index is 0.000000257. The number of hydrogen-bond acceptors (Lipinski definition) is 35. The number of carbonyl (C=O) groups is 17. The van der Waals surface area contributed by atoms with E-state index in [2.05, 4.69) is 82.1 Å². The van der Waals surface area contributed by atoms with E-state index >= 15 is 0 Å². The molecule has 6 aromatic heterocycles. The number of hydrogen-bond donors (Lipinski definition) is 17. The Kier molecular flexibility index (Phi) is 37.6. The summed E-state index contributed by atoms with van der Waals surface area (Å²) in [7, 11) is 0. The fraction of sp³-hybridized carbons (Fsp3) is 0.486. The van der Waals surface area contributed by atoms with E-state index in [9.17, 15) is 95.9 Å². The van der Waals surface area contributed by atoms with Crippen molar-refractivity contribution >= 4 is 153 Å². The van der Waals surface area contributed by atoms with Crippen LogP contribution in [0.4, 0.5) is 32.2 Å². The molecule has 0 spiro atoms. The highest BCUT2D eigenvalue weighted by molar-refractivity contribution is 5.93. The van der Waals surface area contributed by atoms with Crippen LogP contribution < -0.4 is 59.2 Å². The van der Waals surface area contributed by atoms with Crippen LogP contribution in [0.25, 0.3) is 33.5 Å². The quantitative estimate of drug-likeness (QED) is 0.0164. The molecule has 3 unspecified atom stereocenters. The zero-order valence-electron chi connectivity index (χ0n) is 69.6. The summed E-state index contributed by atoms with van der Waals surface area (Å²) < 4.78 is 53.3. The van der Waals surface area contributed by atoms with Crippen LogP contribution in [0.3, 0.4) is 0 Å². The molecular weight excluding hydrogens is 1730 g/mol. The Bertz CT molecular complexity index is 5420. The monoisotopic (exact) mass is 1820 g/mol. The van der Waals surface area contributed by atoms with Gasteiger partial charge in [0.05, 0.1) is 44.8 Å². The number of ether oxygens (including phenoxy) is 9. The molecule has 0 bridgehead atoms. The van der Waals surface area contributed by atoms with Crippen LogP contribution in [0, 0.1) is 24.7 Å². The first-order valence-electron chi connectivity index (χ1n) is 39.0. The van der Waals surface area contributed by atoms with Crippen molar-refractivity contribution in [2.75, 3.05) is 68.5 Å². The summed E-state index contributed by atoms with van der Waals surface area (Å²) in [5.41, 5.74) is -1.98. The number of anilines is 3. The third-order valence-electron chi connectivity index (χ3n) is 17.7. The fourth-order valence-electron chi connectivity index (χ4n) is 11.3. The smallest absolute Gasteiger partial charge is 0.408 e. The summed E-state index contributed by atoms with van der Waals surface area (Å²) in [4.78, 5) is 267. The van der Waals surface area contributed by atoms with Gasteiger partial charge in [0.25, 0.3) is 16.7 Å². The molecule has 55 nitrogen and oxygen atoms in total. The average Bonchev–Trinajstić information content (AvgIpc) is 1.57. The van der Waals surface area contributed by atoms with Crippen molar-refractivity contribution in [2.24, 2.45) is 17.8 Å². The minimum Gasteiger partial charge on any atom is -0.481 e. The van der Waals surface area contributed by atoms with Crippen molar-refractivity contribution in [3.63, 3.8) is 0 Å². The number of amides is 8. The Hall–Kier alpha value is -15.5. The van der Waals surface area contributed by atoms with Gasteiger partial charge in [-0.15, -0.1) is 0 Å². The van der Waals surface area contributed by atoms with Gasteiger partial charge in [0.2, 0.25) is 47.4 Å². The van der Waals surface area contributed by atoms with Crippen molar-refractivity contribution in [1.29, 1.82) is 0 Å². The number of alkyl carbamates (subject to hydrolysis) is 3. The molecule has 3 saturated heterocycles. The zero-order valence-corrected chi connectivity index (χ0v) is 69.6. The Labute approximate surface area is 724 Å². The molecule has 0 radical (unpaired) electrons. The summed E-state index contributed by atoms with van der Waals surface area (Å²) in [5.74, 6) is -14.0. The van der Waals surface area contributed by atoms with Gasteiger partial charge in [-0.05, 0) is 6.92 Å². The number of aromatic amines is 3. The molecule has 0 aliphatic carbocycles. The number of esters is 3. The SMILES string of the molecule is CC(C)C(=O)Nc1nc2c(ncn2[C@H]2CC(OC(=O)NCC(=O)NCC(=O)O)[C@@H](COC(=O)CCC(=O)NCC(=O)O)O2)c(=O)[nH]1.CC(C)C(=O)Nc1nc2c(ncn2[C@H]2CC(OC(=O)NCC(=O)O)[C@@H](COC(=O)CCC(=O)O)O2)c(=O)[nH]1.Cc1nc2c(=O)[nH]c(NC(=O)C(C)C)nc2n1[C@H]1CC(OC(=O)NCC(=O)O)[C@@H](COC(=O)CCC(=O)O)O1.c1ccccc1. The Morgan fingerprint density at radius 1 is 0.395 bits per heavy atom. The third-order valence-corrected chi connectivity index (χ3v) is 17.7. The highest BCUT2D eigenvalue weighted by Gasteiger charge is 2.45. The van der Waals surface area contributed by atoms with Gasteiger partial charge >= 0.3 is 72.0 Å². The van der Waals surface area contributed by atoms with E-state index in [0.717, 1.165) is 0 Å².